The molecule has 0 aromatic heterocycles. The van der Waals surface area contributed by atoms with E-state index in [-0.39, 0.29) is 0 Å². The van der Waals surface area contributed by atoms with Gasteiger partial charge in [0.25, 0.3) is 0 Å². The van der Waals surface area contributed by atoms with Crippen molar-refractivity contribution < 1.29 is 0 Å². The first-order valence-corrected chi connectivity index (χ1v) is 6.92. The lowest BCUT2D eigenvalue weighted by Gasteiger charge is -2.22. The van der Waals surface area contributed by atoms with E-state index in [2.05, 4.69) is 57.4 Å². The van der Waals surface area contributed by atoms with Crippen LogP contribution >= 0.6 is 0 Å². The third-order valence-electron chi connectivity index (χ3n) is 4.02. The second-order valence-corrected chi connectivity index (χ2v) is 5.62. The second-order valence-electron chi connectivity index (χ2n) is 5.62. The summed E-state index contributed by atoms with van der Waals surface area (Å²) in [5, 5.41) is 6.89. The van der Waals surface area contributed by atoms with E-state index in [1.54, 1.807) is 0 Å². The molecule has 0 saturated heterocycles. The largest absolute Gasteiger partial charge is 0.384 e. The van der Waals surface area contributed by atoms with Gasteiger partial charge in [-0.2, -0.15) is 0 Å². The van der Waals surface area contributed by atoms with Crippen molar-refractivity contribution in [3.05, 3.63) is 28.8 Å². The molecule has 0 bridgehead atoms. The topological polar surface area (TPSA) is 24.1 Å². The summed E-state index contributed by atoms with van der Waals surface area (Å²) in [5.41, 5.74) is 5.42. The zero-order chi connectivity index (χ0) is 13.7. The van der Waals surface area contributed by atoms with Crippen LogP contribution in [0.4, 0.5) is 5.69 Å². The predicted octanol–water partition coefficient (Wildman–Crippen LogP) is 3.52. The van der Waals surface area contributed by atoms with Crippen molar-refractivity contribution in [3.63, 3.8) is 0 Å². The van der Waals surface area contributed by atoms with Gasteiger partial charge in [-0.25, -0.2) is 0 Å². The summed E-state index contributed by atoms with van der Waals surface area (Å²) < 4.78 is 0. The number of anilines is 1. The summed E-state index contributed by atoms with van der Waals surface area (Å²) in [6.07, 6.45) is 0. The van der Waals surface area contributed by atoms with Crippen LogP contribution < -0.4 is 10.6 Å². The van der Waals surface area contributed by atoms with Gasteiger partial charge in [-0.15, -0.1) is 0 Å². The molecule has 0 aliphatic heterocycles. The number of hydrogen-bond acceptors (Lipinski definition) is 2. The zero-order valence-electron chi connectivity index (χ0n) is 12.7. The van der Waals surface area contributed by atoms with E-state index in [1.807, 2.05) is 7.05 Å². The van der Waals surface area contributed by atoms with Crippen molar-refractivity contribution in [1.29, 1.82) is 0 Å². The van der Waals surface area contributed by atoms with Crippen molar-refractivity contribution in [2.75, 3.05) is 25.5 Å². The molecule has 18 heavy (non-hydrogen) atoms. The average molecular weight is 248 g/mol. The lowest BCUT2D eigenvalue weighted by Crippen LogP contribution is -2.29. The van der Waals surface area contributed by atoms with E-state index in [0.717, 1.165) is 13.1 Å². The maximum atomic E-state index is 3.61. The number of nitrogens with one attached hydrogen (secondary N) is 2. The Morgan fingerprint density at radius 1 is 1.00 bits per heavy atom. The fourth-order valence-corrected chi connectivity index (χ4v) is 2.19. The van der Waals surface area contributed by atoms with Crippen LogP contribution in [0.3, 0.4) is 0 Å². The lowest BCUT2D eigenvalue weighted by molar-refractivity contribution is 0.390. The van der Waals surface area contributed by atoms with Crippen LogP contribution in [0.5, 0.6) is 0 Å². The highest BCUT2D eigenvalue weighted by Crippen LogP contribution is 2.22. The van der Waals surface area contributed by atoms with Crippen LogP contribution in [0.2, 0.25) is 0 Å². The number of hydrogen-bond donors (Lipinski definition) is 2. The van der Waals surface area contributed by atoms with Gasteiger partial charge < -0.3 is 10.6 Å². The standard InChI is InChI=1S/C16H28N2/c1-11(2)15(9-17-6)10-18-16-8-7-12(3)13(4)14(16)5/h7-8,11,15,17-18H,9-10H2,1-6H3. The summed E-state index contributed by atoms with van der Waals surface area (Å²) in [6, 6.07) is 4.40. The van der Waals surface area contributed by atoms with E-state index in [4.69, 9.17) is 0 Å². The molecule has 102 valence electrons. The van der Waals surface area contributed by atoms with Crippen molar-refractivity contribution in [3.8, 4) is 0 Å². The second kappa shape index (κ2) is 6.79. The van der Waals surface area contributed by atoms with E-state index in [0.29, 0.717) is 11.8 Å². The van der Waals surface area contributed by atoms with Crippen LogP contribution in [-0.4, -0.2) is 20.1 Å². The summed E-state index contributed by atoms with van der Waals surface area (Å²) in [7, 11) is 2.02. The molecule has 0 spiro atoms. The molecule has 1 rings (SSSR count). The monoisotopic (exact) mass is 248 g/mol. The van der Waals surface area contributed by atoms with Gasteiger partial charge in [-0.3, -0.25) is 0 Å². The number of benzene rings is 1. The minimum Gasteiger partial charge on any atom is -0.384 e. The highest BCUT2D eigenvalue weighted by atomic mass is 14.9. The molecule has 2 heteroatoms. The number of rotatable bonds is 6. The fraction of sp³-hybridized carbons (Fsp3) is 0.625. The van der Waals surface area contributed by atoms with E-state index in [1.165, 1.54) is 22.4 Å². The molecule has 0 amide bonds. The van der Waals surface area contributed by atoms with Gasteiger partial charge in [0.1, 0.15) is 0 Å². The first kappa shape index (κ1) is 15.0. The smallest absolute Gasteiger partial charge is 0.0372 e. The fourth-order valence-electron chi connectivity index (χ4n) is 2.19. The maximum Gasteiger partial charge on any atom is 0.0372 e. The molecule has 1 aromatic carbocycles. The number of aryl methyl sites for hydroxylation is 1. The summed E-state index contributed by atoms with van der Waals surface area (Å²) >= 11 is 0. The molecular weight excluding hydrogens is 220 g/mol. The maximum absolute atomic E-state index is 3.61. The SMILES string of the molecule is CNCC(CNc1ccc(C)c(C)c1C)C(C)C. The molecule has 0 heterocycles. The molecule has 0 saturated carbocycles. The lowest BCUT2D eigenvalue weighted by atomic mass is 9.95. The van der Waals surface area contributed by atoms with Gasteiger partial charge >= 0.3 is 0 Å². The van der Waals surface area contributed by atoms with Gasteiger partial charge in [0.05, 0.1) is 0 Å². The van der Waals surface area contributed by atoms with Gasteiger partial charge in [-0.05, 0) is 69.0 Å². The molecule has 0 aliphatic rings. The van der Waals surface area contributed by atoms with Gasteiger partial charge in [0, 0.05) is 12.2 Å². The van der Waals surface area contributed by atoms with Crippen LogP contribution in [-0.2, 0) is 0 Å². The van der Waals surface area contributed by atoms with E-state index in [9.17, 15) is 0 Å². The van der Waals surface area contributed by atoms with Crippen LogP contribution in [0, 0.1) is 32.6 Å². The molecule has 0 radical (unpaired) electrons. The van der Waals surface area contributed by atoms with E-state index < -0.39 is 0 Å². The molecule has 2 N–H and O–H groups in total. The average Bonchev–Trinajstić information content (AvgIpc) is 2.33. The first-order chi connectivity index (χ1) is 8.47. The Morgan fingerprint density at radius 2 is 1.67 bits per heavy atom. The van der Waals surface area contributed by atoms with Crippen molar-refractivity contribution in [2.24, 2.45) is 11.8 Å². The molecule has 1 unspecified atom stereocenters. The minimum absolute atomic E-state index is 0.663. The van der Waals surface area contributed by atoms with Crippen LogP contribution in [0.1, 0.15) is 30.5 Å². The quantitative estimate of drug-likeness (QED) is 0.805. The molecule has 1 atom stereocenters. The van der Waals surface area contributed by atoms with Crippen LogP contribution in [0.15, 0.2) is 12.1 Å². The Hall–Kier alpha value is -1.02. The Labute approximate surface area is 112 Å². The Morgan fingerprint density at radius 3 is 2.22 bits per heavy atom. The highest BCUT2D eigenvalue weighted by Gasteiger charge is 2.13. The van der Waals surface area contributed by atoms with Crippen molar-refractivity contribution in [2.45, 2.75) is 34.6 Å². The Balaban J connectivity index is 2.70. The normalized spacial score (nSPS) is 12.8. The molecule has 1 aromatic rings. The predicted molar refractivity (Wildman–Crippen MR) is 81.4 cm³/mol. The van der Waals surface area contributed by atoms with E-state index >= 15 is 0 Å². The molecule has 0 fully saturated rings. The van der Waals surface area contributed by atoms with Crippen molar-refractivity contribution >= 4 is 5.69 Å². The van der Waals surface area contributed by atoms with Gasteiger partial charge in [0.15, 0.2) is 0 Å². The Kier molecular flexibility index (Phi) is 5.67. The minimum atomic E-state index is 0.663. The summed E-state index contributed by atoms with van der Waals surface area (Å²) in [4.78, 5) is 0. The zero-order valence-corrected chi connectivity index (χ0v) is 12.7. The summed E-state index contributed by atoms with van der Waals surface area (Å²) in [5.74, 6) is 1.35. The molecular formula is C16H28N2. The first-order valence-electron chi connectivity index (χ1n) is 6.92. The molecule has 0 aliphatic carbocycles. The highest BCUT2D eigenvalue weighted by molar-refractivity contribution is 5.56. The molecule has 2 nitrogen and oxygen atoms in total. The third-order valence-corrected chi connectivity index (χ3v) is 4.02. The van der Waals surface area contributed by atoms with Crippen molar-refractivity contribution in [1.82, 2.24) is 5.32 Å². The summed E-state index contributed by atoms with van der Waals surface area (Å²) in [6.45, 7) is 13.2. The van der Waals surface area contributed by atoms with Gasteiger partial charge in [0.2, 0.25) is 0 Å². The Bertz CT molecular complexity index is 383. The van der Waals surface area contributed by atoms with Crippen LogP contribution in [0.25, 0.3) is 0 Å². The van der Waals surface area contributed by atoms with Gasteiger partial charge in [-0.1, -0.05) is 19.9 Å². The third kappa shape index (κ3) is 3.74.